The molecule has 0 fully saturated rings. The Hall–Kier alpha value is -0.300. The molecule has 0 amide bonds. The topological polar surface area (TPSA) is 20.2 Å². The van der Waals surface area contributed by atoms with Gasteiger partial charge in [0.15, 0.2) is 0 Å². The van der Waals surface area contributed by atoms with E-state index in [0.29, 0.717) is 5.92 Å². The van der Waals surface area contributed by atoms with Crippen molar-refractivity contribution in [3.8, 4) is 0 Å². The predicted octanol–water partition coefficient (Wildman–Crippen LogP) is 2.75. The fourth-order valence-corrected chi connectivity index (χ4v) is 1.16. The monoisotopic (exact) mass is 156 g/mol. The fraction of sp³-hybridized carbons (Fsp3) is 0.800. The maximum atomic E-state index is 8.98. The highest BCUT2D eigenvalue weighted by molar-refractivity contribution is 4.82. The number of hydrogen-bond donors (Lipinski definition) is 1. The van der Waals surface area contributed by atoms with E-state index >= 15 is 0 Å². The largest absolute Gasteiger partial charge is 0.393 e. The molecular formula is C10H20O. The van der Waals surface area contributed by atoms with Gasteiger partial charge in [0, 0.05) is 0 Å². The molecule has 0 saturated carbocycles. The molecule has 2 unspecified atom stereocenters. The van der Waals surface area contributed by atoms with Crippen LogP contribution in [0.4, 0.5) is 0 Å². The average Bonchev–Trinajstić information content (AvgIpc) is 1.87. The first-order valence-electron chi connectivity index (χ1n) is 4.47. The third-order valence-corrected chi connectivity index (χ3v) is 1.80. The Labute approximate surface area is 70.1 Å². The summed E-state index contributed by atoms with van der Waals surface area (Å²) in [5.41, 5.74) is 0. The summed E-state index contributed by atoms with van der Waals surface area (Å²) in [4.78, 5) is 0. The van der Waals surface area contributed by atoms with Crippen molar-refractivity contribution in [2.24, 2.45) is 5.92 Å². The Morgan fingerprint density at radius 3 is 2.36 bits per heavy atom. The molecule has 66 valence electrons. The van der Waals surface area contributed by atoms with Gasteiger partial charge in [0.1, 0.15) is 0 Å². The van der Waals surface area contributed by atoms with E-state index < -0.39 is 0 Å². The second-order valence-corrected chi connectivity index (χ2v) is 3.28. The van der Waals surface area contributed by atoms with Crippen molar-refractivity contribution in [3.63, 3.8) is 0 Å². The molecule has 0 aliphatic rings. The molecule has 0 saturated heterocycles. The van der Waals surface area contributed by atoms with Crippen LogP contribution in [0.2, 0.25) is 0 Å². The van der Waals surface area contributed by atoms with Crippen LogP contribution in [0.1, 0.15) is 40.0 Å². The molecule has 2 atom stereocenters. The van der Waals surface area contributed by atoms with Gasteiger partial charge in [-0.2, -0.15) is 0 Å². The van der Waals surface area contributed by atoms with Gasteiger partial charge < -0.3 is 5.11 Å². The van der Waals surface area contributed by atoms with Gasteiger partial charge in [-0.3, -0.25) is 0 Å². The summed E-state index contributed by atoms with van der Waals surface area (Å²) >= 11 is 0. The molecule has 0 aliphatic heterocycles. The van der Waals surface area contributed by atoms with Crippen molar-refractivity contribution in [3.05, 3.63) is 12.2 Å². The van der Waals surface area contributed by atoms with Crippen LogP contribution in [-0.2, 0) is 0 Å². The van der Waals surface area contributed by atoms with Gasteiger partial charge in [0.25, 0.3) is 0 Å². The van der Waals surface area contributed by atoms with Crippen molar-refractivity contribution < 1.29 is 5.11 Å². The number of aliphatic hydroxyl groups excluding tert-OH is 1. The minimum atomic E-state index is -0.132. The van der Waals surface area contributed by atoms with Crippen molar-refractivity contribution in [2.75, 3.05) is 0 Å². The number of hydrogen-bond acceptors (Lipinski definition) is 1. The van der Waals surface area contributed by atoms with Crippen LogP contribution in [0.3, 0.4) is 0 Å². The Kier molecular flexibility index (Phi) is 6.24. The number of aliphatic hydroxyl groups is 1. The van der Waals surface area contributed by atoms with Crippen LogP contribution >= 0.6 is 0 Å². The molecule has 0 heterocycles. The summed E-state index contributed by atoms with van der Waals surface area (Å²) in [6.45, 7) is 6.10. The highest BCUT2D eigenvalue weighted by Gasteiger charge is 1.98. The van der Waals surface area contributed by atoms with Gasteiger partial charge in [-0.15, -0.1) is 0 Å². The van der Waals surface area contributed by atoms with Gasteiger partial charge in [-0.25, -0.2) is 0 Å². The minimum Gasteiger partial charge on any atom is -0.393 e. The molecule has 0 aromatic carbocycles. The zero-order valence-electron chi connectivity index (χ0n) is 7.88. The van der Waals surface area contributed by atoms with Crippen molar-refractivity contribution in [2.45, 2.75) is 46.1 Å². The zero-order valence-corrected chi connectivity index (χ0v) is 7.88. The molecule has 0 aromatic rings. The van der Waals surface area contributed by atoms with E-state index in [4.69, 9.17) is 5.11 Å². The maximum absolute atomic E-state index is 8.98. The smallest absolute Gasteiger partial charge is 0.0512 e. The Morgan fingerprint density at radius 1 is 1.27 bits per heavy atom. The van der Waals surface area contributed by atoms with Crippen LogP contribution in [0.5, 0.6) is 0 Å². The van der Waals surface area contributed by atoms with Gasteiger partial charge in [0.2, 0.25) is 0 Å². The Bertz CT molecular complexity index is 105. The van der Waals surface area contributed by atoms with Crippen LogP contribution < -0.4 is 0 Å². The van der Waals surface area contributed by atoms with E-state index in [9.17, 15) is 0 Å². The Balaban J connectivity index is 3.24. The first-order valence-corrected chi connectivity index (χ1v) is 4.47. The van der Waals surface area contributed by atoms with Crippen LogP contribution in [0.15, 0.2) is 12.2 Å². The van der Waals surface area contributed by atoms with E-state index in [-0.39, 0.29) is 6.10 Å². The lowest BCUT2D eigenvalue weighted by molar-refractivity contribution is 0.179. The van der Waals surface area contributed by atoms with E-state index in [1.807, 2.05) is 13.8 Å². The summed E-state index contributed by atoms with van der Waals surface area (Å²) in [7, 11) is 0. The SMILES string of the molecule is CC=CC(C)CCCC(C)O. The maximum Gasteiger partial charge on any atom is 0.0512 e. The lowest BCUT2D eigenvalue weighted by Crippen LogP contribution is -2.00. The highest BCUT2D eigenvalue weighted by atomic mass is 16.3. The van der Waals surface area contributed by atoms with E-state index in [2.05, 4.69) is 19.1 Å². The van der Waals surface area contributed by atoms with Crippen molar-refractivity contribution in [1.82, 2.24) is 0 Å². The fourth-order valence-electron chi connectivity index (χ4n) is 1.16. The molecule has 1 heteroatoms. The second kappa shape index (κ2) is 6.41. The molecule has 0 spiro atoms. The van der Waals surface area contributed by atoms with E-state index in [0.717, 1.165) is 12.8 Å². The number of allylic oxidation sites excluding steroid dienone is 2. The summed E-state index contributed by atoms with van der Waals surface area (Å²) in [5, 5.41) is 8.98. The summed E-state index contributed by atoms with van der Waals surface area (Å²) < 4.78 is 0. The first kappa shape index (κ1) is 10.7. The van der Waals surface area contributed by atoms with Crippen molar-refractivity contribution in [1.29, 1.82) is 0 Å². The van der Waals surface area contributed by atoms with E-state index in [1.54, 1.807) is 0 Å². The lowest BCUT2D eigenvalue weighted by Gasteiger charge is -2.06. The molecule has 11 heavy (non-hydrogen) atoms. The normalized spacial score (nSPS) is 17.1. The number of rotatable bonds is 5. The summed E-state index contributed by atoms with van der Waals surface area (Å²) in [6.07, 6.45) is 7.42. The molecule has 0 aliphatic carbocycles. The molecule has 0 bridgehead atoms. The third kappa shape index (κ3) is 7.60. The molecule has 1 N–H and O–H groups in total. The Morgan fingerprint density at radius 2 is 1.91 bits per heavy atom. The lowest BCUT2D eigenvalue weighted by atomic mass is 10.0. The molecular weight excluding hydrogens is 136 g/mol. The van der Waals surface area contributed by atoms with Gasteiger partial charge in [0.05, 0.1) is 6.10 Å². The minimum absolute atomic E-state index is 0.132. The van der Waals surface area contributed by atoms with Crippen LogP contribution in [-0.4, -0.2) is 11.2 Å². The van der Waals surface area contributed by atoms with Crippen LogP contribution in [0.25, 0.3) is 0 Å². The zero-order chi connectivity index (χ0) is 8.69. The average molecular weight is 156 g/mol. The van der Waals surface area contributed by atoms with Crippen LogP contribution in [0, 0.1) is 5.92 Å². The summed E-state index contributed by atoms with van der Waals surface area (Å²) in [6, 6.07) is 0. The molecule has 0 rings (SSSR count). The predicted molar refractivity (Wildman–Crippen MR) is 49.5 cm³/mol. The molecule has 0 radical (unpaired) electrons. The standard InChI is InChI=1S/C10H20O/c1-4-6-9(2)7-5-8-10(3)11/h4,6,9-11H,5,7-8H2,1-3H3. The molecule has 0 aromatic heterocycles. The highest BCUT2D eigenvalue weighted by Crippen LogP contribution is 2.10. The van der Waals surface area contributed by atoms with E-state index in [1.165, 1.54) is 6.42 Å². The van der Waals surface area contributed by atoms with Gasteiger partial charge >= 0.3 is 0 Å². The summed E-state index contributed by atoms with van der Waals surface area (Å²) in [5.74, 6) is 0.666. The van der Waals surface area contributed by atoms with Crippen molar-refractivity contribution >= 4 is 0 Å². The quantitative estimate of drug-likeness (QED) is 0.607. The third-order valence-electron chi connectivity index (χ3n) is 1.80. The van der Waals surface area contributed by atoms with Gasteiger partial charge in [-0.1, -0.05) is 25.5 Å². The second-order valence-electron chi connectivity index (χ2n) is 3.28. The van der Waals surface area contributed by atoms with Gasteiger partial charge in [-0.05, 0) is 32.6 Å². The first-order chi connectivity index (χ1) is 5.16. The molecule has 1 nitrogen and oxygen atoms in total.